The number of nitrogens with one attached hydrogen (secondary N) is 1. The minimum Gasteiger partial charge on any atom is -0.351 e. The third-order valence-corrected chi connectivity index (χ3v) is 4.93. The lowest BCUT2D eigenvalue weighted by atomic mass is 9.94. The molecule has 3 nitrogen and oxygen atoms in total. The number of halogens is 1. The van der Waals surface area contributed by atoms with E-state index in [4.69, 9.17) is 0 Å². The van der Waals surface area contributed by atoms with Gasteiger partial charge in [-0.2, -0.15) is 0 Å². The van der Waals surface area contributed by atoms with E-state index in [0.717, 1.165) is 25.1 Å². The minimum absolute atomic E-state index is 0.0816. The van der Waals surface area contributed by atoms with Crippen molar-refractivity contribution in [2.75, 3.05) is 13.1 Å². The number of carbonyl (C=O) groups excluding carboxylic acids is 1. The second-order valence-electron chi connectivity index (χ2n) is 5.50. The molecule has 0 spiro atoms. The van der Waals surface area contributed by atoms with Crippen LogP contribution >= 0.6 is 11.3 Å². The van der Waals surface area contributed by atoms with Gasteiger partial charge in [0.05, 0.1) is 6.54 Å². The molecule has 1 aliphatic rings. The standard InChI is InChI=1S/C17H19FN2OS/c18-14-5-3-13(4-6-14)16-7-9-20(16)10-8-17(21)19-12-15-2-1-11-22-15/h1-6,11,16H,7-10,12H2,(H,19,21). The third kappa shape index (κ3) is 3.72. The highest BCUT2D eigenvalue weighted by Crippen LogP contribution is 2.33. The first kappa shape index (κ1) is 15.2. The van der Waals surface area contributed by atoms with Gasteiger partial charge in [-0.3, -0.25) is 9.69 Å². The van der Waals surface area contributed by atoms with Crippen molar-refractivity contribution in [3.05, 3.63) is 58.0 Å². The number of hydrogen-bond acceptors (Lipinski definition) is 3. The van der Waals surface area contributed by atoms with Crippen molar-refractivity contribution in [3.8, 4) is 0 Å². The maximum atomic E-state index is 13.0. The summed E-state index contributed by atoms with van der Waals surface area (Å²) in [6.07, 6.45) is 1.57. The van der Waals surface area contributed by atoms with Crippen molar-refractivity contribution in [2.24, 2.45) is 0 Å². The van der Waals surface area contributed by atoms with Crippen LogP contribution in [0, 0.1) is 5.82 Å². The van der Waals surface area contributed by atoms with Gasteiger partial charge in [0, 0.05) is 30.4 Å². The predicted octanol–water partition coefficient (Wildman–Crippen LogP) is 3.34. The van der Waals surface area contributed by atoms with Gasteiger partial charge in [0.2, 0.25) is 5.91 Å². The van der Waals surface area contributed by atoms with Crippen LogP contribution in [-0.4, -0.2) is 23.9 Å². The smallest absolute Gasteiger partial charge is 0.221 e. The van der Waals surface area contributed by atoms with E-state index in [-0.39, 0.29) is 11.7 Å². The topological polar surface area (TPSA) is 32.3 Å². The Morgan fingerprint density at radius 3 is 2.77 bits per heavy atom. The molecule has 1 saturated heterocycles. The highest BCUT2D eigenvalue weighted by atomic mass is 32.1. The largest absolute Gasteiger partial charge is 0.351 e. The van der Waals surface area contributed by atoms with E-state index in [1.165, 1.54) is 17.0 Å². The fourth-order valence-electron chi connectivity index (χ4n) is 2.70. The van der Waals surface area contributed by atoms with Crippen molar-refractivity contribution >= 4 is 17.2 Å². The molecule has 5 heteroatoms. The van der Waals surface area contributed by atoms with E-state index in [0.29, 0.717) is 19.0 Å². The SMILES string of the molecule is O=C(CCN1CCC1c1ccc(F)cc1)NCc1cccs1. The summed E-state index contributed by atoms with van der Waals surface area (Å²) in [6.45, 7) is 2.36. The fraction of sp³-hybridized carbons (Fsp3) is 0.353. The summed E-state index contributed by atoms with van der Waals surface area (Å²) in [4.78, 5) is 15.3. The first-order valence-corrected chi connectivity index (χ1v) is 8.39. The normalized spacial score (nSPS) is 18.0. The van der Waals surface area contributed by atoms with E-state index in [1.807, 2.05) is 29.6 Å². The Hall–Kier alpha value is -1.72. The second-order valence-corrected chi connectivity index (χ2v) is 6.53. The molecule has 1 aliphatic heterocycles. The Morgan fingerprint density at radius 1 is 1.32 bits per heavy atom. The summed E-state index contributed by atoms with van der Waals surface area (Å²) < 4.78 is 13.0. The van der Waals surface area contributed by atoms with Crippen molar-refractivity contribution < 1.29 is 9.18 Å². The van der Waals surface area contributed by atoms with Gasteiger partial charge in [-0.05, 0) is 35.6 Å². The summed E-state index contributed by atoms with van der Waals surface area (Å²) in [5.74, 6) is -0.124. The summed E-state index contributed by atoms with van der Waals surface area (Å²) in [5, 5.41) is 4.95. The van der Waals surface area contributed by atoms with Gasteiger partial charge in [-0.15, -0.1) is 11.3 Å². The molecule has 0 saturated carbocycles. The van der Waals surface area contributed by atoms with Crippen LogP contribution in [0.2, 0.25) is 0 Å². The number of hydrogen-bond donors (Lipinski definition) is 1. The second kappa shape index (κ2) is 7.03. The average Bonchev–Trinajstić information content (AvgIpc) is 3.00. The summed E-state index contributed by atoms with van der Waals surface area (Å²) in [5.41, 5.74) is 1.13. The number of likely N-dealkylation sites (tertiary alicyclic amines) is 1. The van der Waals surface area contributed by atoms with Crippen molar-refractivity contribution in [1.29, 1.82) is 0 Å². The Bertz CT molecular complexity index is 612. The number of thiophene rings is 1. The van der Waals surface area contributed by atoms with E-state index in [1.54, 1.807) is 11.3 Å². The van der Waals surface area contributed by atoms with Crippen LogP contribution in [0.3, 0.4) is 0 Å². The molecule has 1 unspecified atom stereocenters. The zero-order valence-corrected chi connectivity index (χ0v) is 13.1. The minimum atomic E-state index is -0.206. The van der Waals surface area contributed by atoms with Crippen LogP contribution in [0.15, 0.2) is 41.8 Å². The lowest BCUT2D eigenvalue weighted by Crippen LogP contribution is -2.42. The summed E-state index contributed by atoms with van der Waals surface area (Å²) in [7, 11) is 0. The molecule has 2 heterocycles. The number of benzene rings is 1. The number of rotatable bonds is 6. The molecule has 1 N–H and O–H groups in total. The highest BCUT2D eigenvalue weighted by Gasteiger charge is 2.29. The third-order valence-electron chi connectivity index (χ3n) is 4.05. The Balaban J connectivity index is 1.43. The van der Waals surface area contributed by atoms with Gasteiger partial charge in [0.25, 0.3) is 0 Å². The van der Waals surface area contributed by atoms with Gasteiger partial charge >= 0.3 is 0 Å². The van der Waals surface area contributed by atoms with Crippen molar-refractivity contribution in [1.82, 2.24) is 10.2 Å². The maximum Gasteiger partial charge on any atom is 0.221 e. The lowest BCUT2D eigenvalue weighted by Gasteiger charge is -2.41. The highest BCUT2D eigenvalue weighted by molar-refractivity contribution is 7.09. The van der Waals surface area contributed by atoms with Crippen molar-refractivity contribution in [2.45, 2.75) is 25.4 Å². The molecule has 2 aromatic rings. The van der Waals surface area contributed by atoms with Gasteiger partial charge < -0.3 is 5.32 Å². The number of amides is 1. The molecular weight excluding hydrogens is 299 g/mol. The summed E-state index contributed by atoms with van der Waals surface area (Å²) >= 11 is 1.65. The molecule has 0 radical (unpaired) electrons. The average molecular weight is 318 g/mol. The molecule has 3 rings (SSSR count). The van der Waals surface area contributed by atoms with Gasteiger partial charge in [-0.1, -0.05) is 18.2 Å². The molecular formula is C17H19FN2OS. The van der Waals surface area contributed by atoms with Gasteiger partial charge in [0.15, 0.2) is 0 Å². The van der Waals surface area contributed by atoms with Crippen LogP contribution in [0.1, 0.15) is 29.3 Å². The fourth-order valence-corrected chi connectivity index (χ4v) is 3.35. The number of nitrogens with zero attached hydrogens (tertiary/aromatic N) is 1. The predicted molar refractivity (Wildman–Crippen MR) is 86.1 cm³/mol. The van der Waals surface area contributed by atoms with Gasteiger partial charge in [-0.25, -0.2) is 4.39 Å². The first-order valence-electron chi connectivity index (χ1n) is 7.51. The van der Waals surface area contributed by atoms with Crippen LogP contribution in [0.25, 0.3) is 0 Å². The molecule has 116 valence electrons. The molecule has 1 atom stereocenters. The quantitative estimate of drug-likeness (QED) is 0.886. The van der Waals surface area contributed by atoms with E-state index in [9.17, 15) is 9.18 Å². The van der Waals surface area contributed by atoms with Crippen LogP contribution in [0.5, 0.6) is 0 Å². The van der Waals surface area contributed by atoms with Crippen molar-refractivity contribution in [3.63, 3.8) is 0 Å². The molecule has 1 aromatic heterocycles. The molecule has 0 bridgehead atoms. The molecule has 1 fully saturated rings. The summed E-state index contributed by atoms with van der Waals surface area (Å²) in [6, 6.07) is 11.0. The zero-order valence-electron chi connectivity index (χ0n) is 12.3. The molecule has 1 amide bonds. The van der Waals surface area contributed by atoms with Crippen LogP contribution in [-0.2, 0) is 11.3 Å². The van der Waals surface area contributed by atoms with Crippen LogP contribution in [0.4, 0.5) is 4.39 Å². The zero-order chi connectivity index (χ0) is 15.4. The molecule has 22 heavy (non-hydrogen) atoms. The van der Waals surface area contributed by atoms with Gasteiger partial charge in [0.1, 0.15) is 5.82 Å². The molecule has 0 aliphatic carbocycles. The number of carbonyl (C=O) groups is 1. The Kier molecular flexibility index (Phi) is 4.85. The van der Waals surface area contributed by atoms with E-state index < -0.39 is 0 Å². The monoisotopic (exact) mass is 318 g/mol. The molecule has 1 aromatic carbocycles. The Morgan fingerprint density at radius 2 is 2.14 bits per heavy atom. The Labute approximate surface area is 133 Å². The van der Waals surface area contributed by atoms with E-state index >= 15 is 0 Å². The lowest BCUT2D eigenvalue weighted by molar-refractivity contribution is -0.122. The van der Waals surface area contributed by atoms with Crippen LogP contribution < -0.4 is 5.32 Å². The maximum absolute atomic E-state index is 13.0. The first-order chi connectivity index (χ1) is 10.7. The van der Waals surface area contributed by atoms with E-state index in [2.05, 4.69) is 10.2 Å².